The van der Waals surface area contributed by atoms with Crippen LogP contribution in [0.3, 0.4) is 0 Å². The summed E-state index contributed by atoms with van der Waals surface area (Å²) in [5.41, 5.74) is 1.53. The van der Waals surface area contributed by atoms with Gasteiger partial charge < -0.3 is 20.9 Å². The lowest BCUT2D eigenvalue weighted by Crippen LogP contribution is -2.42. The number of rotatable bonds is 7. The first-order chi connectivity index (χ1) is 12.0. The minimum absolute atomic E-state index is 0.0876. The molecule has 0 unspecified atom stereocenters. The number of hydrogen-bond donors (Lipinski definition) is 3. The van der Waals surface area contributed by atoms with Gasteiger partial charge in [0.25, 0.3) is 5.91 Å². The molecule has 138 valence electrons. The minimum atomic E-state index is -0.132. The van der Waals surface area contributed by atoms with E-state index in [9.17, 15) is 9.59 Å². The van der Waals surface area contributed by atoms with Crippen molar-refractivity contribution < 1.29 is 9.59 Å². The third-order valence-electron chi connectivity index (χ3n) is 4.43. The number of nitrogens with one attached hydrogen (secondary N) is 3. The Hall–Kier alpha value is -2.08. The summed E-state index contributed by atoms with van der Waals surface area (Å²) in [5, 5.41) is 8.81. The van der Waals surface area contributed by atoms with Gasteiger partial charge in [0.1, 0.15) is 0 Å². The molecule has 1 aromatic carbocycles. The fourth-order valence-electron chi connectivity index (χ4n) is 2.98. The smallest absolute Gasteiger partial charge is 0.315 e. The average Bonchev–Trinajstić information content (AvgIpc) is 2.61. The van der Waals surface area contributed by atoms with E-state index in [0.717, 1.165) is 24.9 Å². The van der Waals surface area contributed by atoms with Crippen LogP contribution in [0.4, 0.5) is 4.79 Å². The molecule has 0 aromatic heterocycles. The number of likely N-dealkylation sites (N-methyl/N-ethyl adjacent to an activating group) is 1. The van der Waals surface area contributed by atoms with Crippen molar-refractivity contribution in [1.82, 2.24) is 20.9 Å². The molecule has 2 rings (SSSR count). The maximum absolute atomic E-state index is 12.1. The van der Waals surface area contributed by atoms with Crippen molar-refractivity contribution in [2.24, 2.45) is 0 Å². The van der Waals surface area contributed by atoms with Gasteiger partial charge in [-0.3, -0.25) is 4.79 Å². The first-order valence-corrected chi connectivity index (χ1v) is 9.11. The van der Waals surface area contributed by atoms with E-state index in [2.05, 4.69) is 16.0 Å². The van der Waals surface area contributed by atoms with Crippen LogP contribution in [0.15, 0.2) is 24.3 Å². The predicted octanol–water partition coefficient (Wildman–Crippen LogP) is 2.11. The molecule has 3 N–H and O–H groups in total. The van der Waals surface area contributed by atoms with Crippen molar-refractivity contribution in [3.8, 4) is 0 Å². The Morgan fingerprint density at radius 1 is 1.12 bits per heavy atom. The molecule has 0 heterocycles. The molecule has 6 heteroatoms. The number of amides is 3. The summed E-state index contributed by atoms with van der Waals surface area (Å²) in [6, 6.07) is 7.53. The van der Waals surface area contributed by atoms with Gasteiger partial charge in [-0.1, -0.05) is 31.4 Å². The number of carbonyl (C=O) groups excluding carboxylic acids is 2. The molecule has 0 bridgehead atoms. The largest absolute Gasteiger partial charge is 0.351 e. The molecule has 1 aliphatic carbocycles. The maximum Gasteiger partial charge on any atom is 0.315 e. The quantitative estimate of drug-likeness (QED) is 0.708. The minimum Gasteiger partial charge on any atom is -0.351 e. The van der Waals surface area contributed by atoms with Gasteiger partial charge in [0.2, 0.25) is 0 Å². The normalized spacial score (nSPS) is 15.0. The van der Waals surface area contributed by atoms with Crippen molar-refractivity contribution in [2.75, 3.05) is 27.2 Å². The van der Waals surface area contributed by atoms with Crippen molar-refractivity contribution >= 4 is 11.9 Å². The van der Waals surface area contributed by atoms with Crippen LogP contribution in [0, 0.1) is 0 Å². The Kier molecular flexibility index (Phi) is 7.73. The van der Waals surface area contributed by atoms with Gasteiger partial charge in [0.05, 0.1) is 0 Å². The van der Waals surface area contributed by atoms with E-state index in [4.69, 9.17) is 0 Å². The second kappa shape index (κ2) is 10.0. The third-order valence-corrected chi connectivity index (χ3v) is 4.43. The van der Waals surface area contributed by atoms with Crippen molar-refractivity contribution in [1.29, 1.82) is 0 Å². The highest BCUT2D eigenvalue weighted by Crippen LogP contribution is 2.17. The highest BCUT2D eigenvalue weighted by atomic mass is 16.2. The summed E-state index contributed by atoms with van der Waals surface area (Å²) in [6.45, 7) is 1.82. The maximum atomic E-state index is 12.1. The number of urea groups is 1. The van der Waals surface area contributed by atoms with E-state index >= 15 is 0 Å². The zero-order valence-electron chi connectivity index (χ0n) is 15.3. The molecule has 1 aliphatic rings. The molecule has 6 nitrogen and oxygen atoms in total. The second-order valence-electron chi connectivity index (χ2n) is 6.92. The standard InChI is InChI=1S/C19H30N4O2/c1-23(2)12-11-20-18(24)16-8-6-7-15(13-16)14-21-19(25)22-17-9-4-3-5-10-17/h6-8,13,17H,3-5,9-12,14H2,1-2H3,(H,20,24)(H2,21,22,25). The highest BCUT2D eigenvalue weighted by molar-refractivity contribution is 5.94. The van der Waals surface area contributed by atoms with Crippen LogP contribution in [0.1, 0.15) is 48.0 Å². The molecule has 0 spiro atoms. The van der Waals surface area contributed by atoms with Gasteiger partial charge in [0.15, 0.2) is 0 Å². The number of benzene rings is 1. The molecule has 3 amide bonds. The number of carbonyl (C=O) groups is 2. The summed E-state index contributed by atoms with van der Waals surface area (Å²) in [5.74, 6) is -0.0876. The van der Waals surface area contributed by atoms with Gasteiger partial charge in [-0.25, -0.2) is 4.79 Å². The van der Waals surface area contributed by atoms with Crippen LogP contribution in [0.2, 0.25) is 0 Å². The van der Waals surface area contributed by atoms with Gasteiger partial charge in [0, 0.05) is 31.2 Å². The van der Waals surface area contributed by atoms with Crippen LogP contribution < -0.4 is 16.0 Å². The highest BCUT2D eigenvalue weighted by Gasteiger charge is 2.15. The van der Waals surface area contributed by atoms with E-state index in [1.54, 1.807) is 6.07 Å². The SMILES string of the molecule is CN(C)CCNC(=O)c1cccc(CNC(=O)NC2CCCCC2)c1. The molecule has 1 aromatic rings. The summed E-state index contributed by atoms with van der Waals surface area (Å²) in [6.07, 6.45) is 5.78. The number of nitrogens with zero attached hydrogens (tertiary/aromatic N) is 1. The van der Waals surface area contributed by atoms with Gasteiger partial charge in [-0.05, 0) is 44.6 Å². The molecule has 0 atom stereocenters. The molecule has 25 heavy (non-hydrogen) atoms. The van der Waals surface area contributed by atoms with Crippen molar-refractivity contribution in [3.63, 3.8) is 0 Å². The van der Waals surface area contributed by atoms with Crippen LogP contribution in [-0.4, -0.2) is 50.1 Å². The summed E-state index contributed by atoms with van der Waals surface area (Å²) < 4.78 is 0. The van der Waals surface area contributed by atoms with Crippen LogP contribution in [0.25, 0.3) is 0 Å². The van der Waals surface area contributed by atoms with Crippen LogP contribution in [-0.2, 0) is 6.54 Å². The lowest BCUT2D eigenvalue weighted by atomic mass is 9.96. The topological polar surface area (TPSA) is 73.5 Å². The van der Waals surface area contributed by atoms with E-state index in [0.29, 0.717) is 24.7 Å². The number of hydrogen-bond acceptors (Lipinski definition) is 3. The second-order valence-corrected chi connectivity index (χ2v) is 6.92. The lowest BCUT2D eigenvalue weighted by molar-refractivity contribution is 0.0951. The molecule has 0 saturated heterocycles. The molecule has 1 fully saturated rings. The molecular weight excluding hydrogens is 316 g/mol. The third kappa shape index (κ3) is 7.13. The fourth-order valence-corrected chi connectivity index (χ4v) is 2.98. The van der Waals surface area contributed by atoms with E-state index in [-0.39, 0.29) is 11.9 Å². The Bertz CT molecular complexity index is 568. The zero-order valence-corrected chi connectivity index (χ0v) is 15.3. The summed E-state index contributed by atoms with van der Waals surface area (Å²) in [7, 11) is 3.94. The Morgan fingerprint density at radius 2 is 1.88 bits per heavy atom. The Labute approximate surface area is 150 Å². The lowest BCUT2D eigenvalue weighted by Gasteiger charge is -2.22. The molecular formula is C19H30N4O2. The summed E-state index contributed by atoms with van der Waals surface area (Å²) >= 11 is 0. The van der Waals surface area contributed by atoms with Crippen molar-refractivity contribution in [3.05, 3.63) is 35.4 Å². The average molecular weight is 346 g/mol. The zero-order chi connectivity index (χ0) is 18.1. The Balaban J connectivity index is 1.78. The molecule has 1 saturated carbocycles. The van der Waals surface area contributed by atoms with Crippen molar-refractivity contribution in [2.45, 2.75) is 44.7 Å². The van der Waals surface area contributed by atoms with E-state index in [1.165, 1.54) is 19.3 Å². The van der Waals surface area contributed by atoms with E-state index in [1.807, 2.05) is 37.2 Å². The summed E-state index contributed by atoms with van der Waals surface area (Å²) in [4.78, 5) is 26.2. The van der Waals surface area contributed by atoms with Gasteiger partial charge in [-0.2, -0.15) is 0 Å². The first kappa shape index (κ1) is 19.2. The molecule has 0 aliphatic heterocycles. The van der Waals surface area contributed by atoms with Crippen LogP contribution in [0.5, 0.6) is 0 Å². The monoisotopic (exact) mass is 346 g/mol. The first-order valence-electron chi connectivity index (χ1n) is 9.11. The van der Waals surface area contributed by atoms with Crippen LogP contribution >= 0.6 is 0 Å². The van der Waals surface area contributed by atoms with Gasteiger partial charge >= 0.3 is 6.03 Å². The van der Waals surface area contributed by atoms with Gasteiger partial charge in [-0.15, -0.1) is 0 Å². The Morgan fingerprint density at radius 3 is 2.60 bits per heavy atom. The van der Waals surface area contributed by atoms with E-state index < -0.39 is 0 Å². The predicted molar refractivity (Wildman–Crippen MR) is 99.6 cm³/mol. The molecule has 0 radical (unpaired) electrons. The fraction of sp³-hybridized carbons (Fsp3) is 0.579.